The van der Waals surface area contributed by atoms with Gasteiger partial charge in [-0.3, -0.25) is 19.2 Å². The number of rotatable bonds is 7. The van der Waals surface area contributed by atoms with Gasteiger partial charge in [0.15, 0.2) is 15.9 Å². The maximum absolute atomic E-state index is 12.9. The normalized spacial score (nSPS) is 13.2. The van der Waals surface area contributed by atoms with Gasteiger partial charge >= 0.3 is 5.97 Å². The second kappa shape index (κ2) is 9.68. The van der Waals surface area contributed by atoms with Crippen LogP contribution in [0.4, 0.5) is 5.69 Å². The van der Waals surface area contributed by atoms with Gasteiger partial charge in [0, 0.05) is 33.3 Å². The summed E-state index contributed by atoms with van der Waals surface area (Å²) in [7, 11) is 0. The summed E-state index contributed by atoms with van der Waals surface area (Å²) < 4.78 is 5.59. The number of hydrogen-bond acceptors (Lipinski definition) is 8. The predicted molar refractivity (Wildman–Crippen MR) is 126 cm³/mol. The molecular weight excluding hydrogens is 460 g/mol. The lowest BCUT2D eigenvalue weighted by Gasteiger charge is -2.18. The van der Waals surface area contributed by atoms with Crippen molar-refractivity contribution in [2.75, 3.05) is 11.9 Å². The van der Waals surface area contributed by atoms with E-state index in [2.05, 4.69) is 10.3 Å². The van der Waals surface area contributed by atoms with Crippen LogP contribution in [0.3, 0.4) is 0 Å². The van der Waals surface area contributed by atoms with Crippen molar-refractivity contribution in [2.24, 2.45) is 0 Å². The number of aromatic nitrogens is 1. The van der Waals surface area contributed by atoms with Crippen molar-refractivity contribution in [2.45, 2.75) is 29.9 Å². The Labute approximate surface area is 198 Å². The number of carbonyl (C=O) groups is 4. The van der Waals surface area contributed by atoms with Crippen molar-refractivity contribution >= 4 is 52.2 Å². The molecule has 2 aromatic carbocycles. The summed E-state index contributed by atoms with van der Waals surface area (Å²) in [5, 5.41) is 4.11. The number of fused-ring (bicyclic) bond motifs is 2. The molecule has 4 rings (SSSR count). The zero-order valence-electron chi connectivity index (χ0n) is 17.9. The third-order valence-electron chi connectivity index (χ3n) is 5.00. The van der Waals surface area contributed by atoms with Crippen molar-refractivity contribution in [3.63, 3.8) is 0 Å². The van der Waals surface area contributed by atoms with Gasteiger partial charge in [0.25, 0.3) is 0 Å². The van der Waals surface area contributed by atoms with Gasteiger partial charge in [0.1, 0.15) is 0 Å². The van der Waals surface area contributed by atoms with Crippen LogP contribution in [0, 0.1) is 0 Å². The fourth-order valence-corrected chi connectivity index (χ4v) is 5.39. The van der Waals surface area contributed by atoms with E-state index in [9.17, 15) is 19.2 Å². The summed E-state index contributed by atoms with van der Waals surface area (Å²) in [5.74, 6) is -1.05. The molecule has 1 aliphatic rings. The minimum absolute atomic E-state index is 0.0937. The average Bonchev–Trinajstić information content (AvgIpc) is 3.24. The number of ketones is 2. The highest BCUT2D eigenvalue weighted by Gasteiger charge is 2.29. The highest BCUT2D eigenvalue weighted by Crippen LogP contribution is 2.30. The number of ether oxygens (including phenoxy) is 1. The van der Waals surface area contributed by atoms with Crippen molar-refractivity contribution < 1.29 is 23.9 Å². The fraction of sp³-hybridized carbons (Fsp3) is 0.208. The number of thiazole rings is 1. The van der Waals surface area contributed by atoms with E-state index in [1.54, 1.807) is 61.7 Å². The van der Waals surface area contributed by atoms with Crippen LogP contribution in [0.25, 0.3) is 0 Å². The predicted octanol–water partition coefficient (Wildman–Crippen LogP) is 4.14. The van der Waals surface area contributed by atoms with E-state index in [0.29, 0.717) is 39.0 Å². The third-order valence-corrected chi connectivity index (χ3v) is 7.12. The van der Waals surface area contributed by atoms with Gasteiger partial charge in [-0.15, -0.1) is 11.3 Å². The number of esters is 1. The maximum Gasteiger partial charge on any atom is 0.311 e. The zero-order chi connectivity index (χ0) is 23.5. The third kappa shape index (κ3) is 4.89. The lowest BCUT2D eigenvalue weighted by molar-refractivity contribution is -0.142. The molecule has 1 heterocycles. The SMILES string of the molecule is CCOC(=O)Cc1csc(SC(C)C(=O)Nc2ccc3c(c2)C(=O)c2ccccc2C3=O)n1. The summed E-state index contributed by atoms with van der Waals surface area (Å²) in [6.45, 7) is 3.81. The zero-order valence-corrected chi connectivity index (χ0v) is 19.5. The minimum Gasteiger partial charge on any atom is -0.466 e. The molecule has 168 valence electrons. The van der Waals surface area contributed by atoms with Gasteiger partial charge in [-0.05, 0) is 32.0 Å². The summed E-state index contributed by atoms with van der Waals surface area (Å²) in [6, 6.07) is 11.5. The molecule has 0 radical (unpaired) electrons. The molecule has 0 fully saturated rings. The molecule has 1 atom stereocenters. The molecule has 1 amide bonds. The summed E-state index contributed by atoms with van der Waals surface area (Å²) in [6.07, 6.45) is 0.0937. The van der Waals surface area contributed by atoms with E-state index in [1.807, 2.05) is 0 Å². The van der Waals surface area contributed by atoms with Crippen LogP contribution in [0.1, 0.15) is 51.4 Å². The van der Waals surface area contributed by atoms with Crippen LogP contribution in [-0.2, 0) is 20.7 Å². The van der Waals surface area contributed by atoms with Crippen LogP contribution in [-0.4, -0.2) is 40.3 Å². The Morgan fingerprint density at radius 2 is 1.73 bits per heavy atom. The molecule has 0 bridgehead atoms. The molecule has 1 aliphatic carbocycles. The number of thioether (sulfide) groups is 1. The molecule has 3 aromatic rings. The summed E-state index contributed by atoms with van der Waals surface area (Å²) in [4.78, 5) is 54.3. The molecular formula is C24H20N2O5S2. The fourth-order valence-electron chi connectivity index (χ4n) is 3.41. The molecule has 0 spiro atoms. The molecule has 1 unspecified atom stereocenters. The number of carbonyl (C=O) groups excluding carboxylic acids is 4. The first-order chi connectivity index (χ1) is 15.9. The molecule has 0 saturated heterocycles. The quantitative estimate of drug-likeness (QED) is 0.313. The number of amides is 1. The van der Waals surface area contributed by atoms with Gasteiger partial charge in [-0.25, -0.2) is 4.98 Å². The first-order valence-corrected chi connectivity index (χ1v) is 12.0. The highest BCUT2D eigenvalue weighted by molar-refractivity contribution is 8.02. The first kappa shape index (κ1) is 22.9. The molecule has 7 nitrogen and oxygen atoms in total. The van der Waals surface area contributed by atoms with E-state index in [0.717, 1.165) is 0 Å². The van der Waals surface area contributed by atoms with Gasteiger partial charge < -0.3 is 10.1 Å². The molecule has 1 N–H and O–H groups in total. The second-order valence-electron chi connectivity index (χ2n) is 7.30. The Bertz CT molecular complexity index is 1270. The lowest BCUT2D eigenvalue weighted by atomic mass is 9.84. The Hall–Kier alpha value is -3.30. The van der Waals surface area contributed by atoms with Crippen molar-refractivity contribution in [3.8, 4) is 0 Å². The van der Waals surface area contributed by atoms with Gasteiger partial charge in [0.05, 0.1) is 24.0 Å². The van der Waals surface area contributed by atoms with E-state index < -0.39 is 5.25 Å². The first-order valence-electron chi connectivity index (χ1n) is 10.3. The molecule has 0 aliphatic heterocycles. The molecule has 9 heteroatoms. The molecule has 0 saturated carbocycles. The van der Waals surface area contributed by atoms with Crippen molar-refractivity contribution in [1.82, 2.24) is 4.98 Å². The minimum atomic E-state index is -0.472. The van der Waals surface area contributed by atoms with Crippen LogP contribution < -0.4 is 5.32 Å². The highest BCUT2D eigenvalue weighted by atomic mass is 32.2. The number of hydrogen-bond donors (Lipinski definition) is 1. The Morgan fingerprint density at radius 3 is 2.42 bits per heavy atom. The average molecular weight is 481 g/mol. The van der Waals surface area contributed by atoms with E-state index in [4.69, 9.17) is 4.74 Å². The van der Waals surface area contributed by atoms with Crippen LogP contribution in [0.5, 0.6) is 0 Å². The smallest absolute Gasteiger partial charge is 0.311 e. The lowest BCUT2D eigenvalue weighted by Crippen LogP contribution is -2.24. The second-order valence-corrected chi connectivity index (χ2v) is 9.75. The summed E-state index contributed by atoms with van der Waals surface area (Å²) in [5.41, 5.74) is 2.41. The largest absolute Gasteiger partial charge is 0.466 e. The van der Waals surface area contributed by atoms with Crippen LogP contribution in [0.2, 0.25) is 0 Å². The summed E-state index contributed by atoms with van der Waals surface area (Å²) >= 11 is 2.63. The monoisotopic (exact) mass is 480 g/mol. The number of nitrogens with one attached hydrogen (secondary N) is 1. The van der Waals surface area contributed by atoms with E-state index >= 15 is 0 Å². The number of anilines is 1. The van der Waals surface area contributed by atoms with Crippen LogP contribution >= 0.6 is 23.1 Å². The van der Waals surface area contributed by atoms with Gasteiger partial charge in [-0.2, -0.15) is 0 Å². The van der Waals surface area contributed by atoms with Crippen molar-refractivity contribution in [1.29, 1.82) is 0 Å². The maximum atomic E-state index is 12.9. The number of nitrogens with zero attached hydrogens (tertiary/aromatic N) is 1. The van der Waals surface area contributed by atoms with Crippen LogP contribution in [0.15, 0.2) is 52.2 Å². The van der Waals surface area contributed by atoms with E-state index in [-0.39, 0.29) is 35.4 Å². The molecule has 1 aromatic heterocycles. The Balaban J connectivity index is 1.43. The van der Waals surface area contributed by atoms with Gasteiger partial charge in [-0.1, -0.05) is 36.0 Å². The van der Waals surface area contributed by atoms with E-state index in [1.165, 1.54) is 23.1 Å². The topological polar surface area (TPSA) is 102 Å². The number of benzene rings is 2. The Morgan fingerprint density at radius 1 is 1.06 bits per heavy atom. The molecule has 33 heavy (non-hydrogen) atoms. The van der Waals surface area contributed by atoms with Gasteiger partial charge in [0.2, 0.25) is 5.91 Å². The Kier molecular flexibility index (Phi) is 6.71. The standard InChI is InChI=1S/C24H20N2O5S2/c1-3-31-20(27)11-15-12-32-24(26-15)33-13(2)23(30)25-14-8-9-18-19(10-14)22(29)17-7-5-4-6-16(17)21(18)28/h4-10,12-13H,3,11H2,1-2H3,(H,25,30). The van der Waals surface area contributed by atoms with Crippen molar-refractivity contribution in [3.05, 3.63) is 75.8 Å².